The molecule has 1 heterocycles. The van der Waals surface area contributed by atoms with Crippen LogP contribution in [0.4, 0.5) is 4.39 Å². The predicted octanol–water partition coefficient (Wildman–Crippen LogP) is 0.865. The van der Waals surface area contributed by atoms with Gasteiger partial charge in [0.15, 0.2) is 0 Å². The lowest BCUT2D eigenvalue weighted by Crippen LogP contribution is -2.26. The number of hydrogen-bond donors (Lipinski definition) is 3. The van der Waals surface area contributed by atoms with Crippen LogP contribution in [0.25, 0.3) is 0 Å². The Kier molecular flexibility index (Phi) is 5.07. The Morgan fingerprint density at radius 3 is 3.05 bits per heavy atom. The molecule has 0 bridgehead atoms. The molecule has 1 amide bonds. The van der Waals surface area contributed by atoms with Crippen molar-refractivity contribution >= 4 is 5.91 Å². The molecule has 0 radical (unpaired) electrons. The topological polar surface area (TPSA) is 78.0 Å². The standard InChI is InChI=1S/C15H14FN3O2/c16-13-4-3-11(2-1-9-20)10-12(13)15(21)19-6-5-14-17-7-8-18-14/h3-4,7-8,10,20H,5-6,9H2,(H,17,18)(H,19,21). The molecule has 0 aliphatic rings. The molecular formula is C15H14FN3O2. The van der Waals surface area contributed by atoms with E-state index in [0.29, 0.717) is 18.5 Å². The maximum absolute atomic E-state index is 13.7. The van der Waals surface area contributed by atoms with Crippen molar-refractivity contribution in [2.75, 3.05) is 13.2 Å². The highest BCUT2D eigenvalue weighted by Gasteiger charge is 2.11. The Bertz CT molecular complexity index is 672. The molecule has 5 nitrogen and oxygen atoms in total. The molecule has 2 rings (SSSR count). The summed E-state index contributed by atoms with van der Waals surface area (Å²) in [5.41, 5.74) is 0.404. The number of aromatic amines is 1. The largest absolute Gasteiger partial charge is 0.384 e. The van der Waals surface area contributed by atoms with Gasteiger partial charge in [-0.1, -0.05) is 11.8 Å². The SMILES string of the molecule is O=C(NCCc1ncc[nH]1)c1cc(C#CCO)ccc1F. The number of amides is 1. The minimum absolute atomic E-state index is 0.0702. The molecule has 0 saturated heterocycles. The van der Waals surface area contributed by atoms with Crippen LogP contribution < -0.4 is 5.32 Å². The molecule has 108 valence electrons. The van der Waals surface area contributed by atoms with Crippen LogP contribution >= 0.6 is 0 Å². The van der Waals surface area contributed by atoms with Crippen LogP contribution in [0.3, 0.4) is 0 Å². The molecule has 1 aromatic heterocycles. The molecular weight excluding hydrogens is 273 g/mol. The van der Waals surface area contributed by atoms with Crippen molar-refractivity contribution in [3.63, 3.8) is 0 Å². The third-order valence-electron chi connectivity index (χ3n) is 2.72. The number of benzene rings is 1. The van der Waals surface area contributed by atoms with Gasteiger partial charge in [-0.25, -0.2) is 9.37 Å². The molecule has 2 aromatic rings. The molecule has 0 aliphatic carbocycles. The number of aliphatic hydroxyl groups excluding tert-OH is 1. The highest BCUT2D eigenvalue weighted by atomic mass is 19.1. The van der Waals surface area contributed by atoms with E-state index in [9.17, 15) is 9.18 Å². The maximum Gasteiger partial charge on any atom is 0.254 e. The first-order valence-corrected chi connectivity index (χ1v) is 6.36. The van der Waals surface area contributed by atoms with Gasteiger partial charge in [0.1, 0.15) is 18.2 Å². The number of rotatable bonds is 4. The lowest BCUT2D eigenvalue weighted by Gasteiger charge is -2.06. The van der Waals surface area contributed by atoms with E-state index in [0.717, 1.165) is 5.82 Å². The van der Waals surface area contributed by atoms with Gasteiger partial charge < -0.3 is 15.4 Å². The minimum atomic E-state index is -0.611. The second kappa shape index (κ2) is 7.22. The summed E-state index contributed by atoms with van der Waals surface area (Å²) in [5, 5.41) is 11.3. The van der Waals surface area contributed by atoms with Crippen LogP contribution in [0.15, 0.2) is 30.6 Å². The van der Waals surface area contributed by atoms with Gasteiger partial charge in [0, 0.05) is 30.9 Å². The Morgan fingerprint density at radius 2 is 2.33 bits per heavy atom. The van der Waals surface area contributed by atoms with Crippen LogP contribution in [0.2, 0.25) is 0 Å². The minimum Gasteiger partial charge on any atom is -0.384 e. The number of nitrogens with one attached hydrogen (secondary N) is 2. The Morgan fingerprint density at radius 1 is 1.48 bits per heavy atom. The van der Waals surface area contributed by atoms with Gasteiger partial charge in [0.25, 0.3) is 5.91 Å². The molecule has 3 N–H and O–H groups in total. The van der Waals surface area contributed by atoms with Gasteiger partial charge >= 0.3 is 0 Å². The van der Waals surface area contributed by atoms with Crippen molar-refractivity contribution in [2.45, 2.75) is 6.42 Å². The number of imidazole rings is 1. The lowest BCUT2D eigenvalue weighted by molar-refractivity contribution is 0.0950. The van der Waals surface area contributed by atoms with E-state index in [4.69, 9.17) is 5.11 Å². The van der Waals surface area contributed by atoms with E-state index in [1.54, 1.807) is 12.4 Å². The second-order valence-corrected chi connectivity index (χ2v) is 4.20. The number of aromatic nitrogens is 2. The van der Waals surface area contributed by atoms with E-state index in [1.165, 1.54) is 18.2 Å². The average Bonchev–Trinajstić information content (AvgIpc) is 2.99. The molecule has 21 heavy (non-hydrogen) atoms. The molecule has 0 spiro atoms. The molecule has 0 fully saturated rings. The highest BCUT2D eigenvalue weighted by molar-refractivity contribution is 5.94. The maximum atomic E-state index is 13.7. The van der Waals surface area contributed by atoms with Crippen LogP contribution in [-0.4, -0.2) is 34.1 Å². The van der Waals surface area contributed by atoms with Crippen LogP contribution in [0, 0.1) is 17.7 Å². The zero-order valence-corrected chi connectivity index (χ0v) is 11.2. The highest BCUT2D eigenvalue weighted by Crippen LogP contribution is 2.10. The number of H-pyrrole nitrogens is 1. The average molecular weight is 287 g/mol. The number of carbonyl (C=O) groups is 1. The normalized spacial score (nSPS) is 9.81. The Hall–Kier alpha value is -2.65. The third-order valence-corrected chi connectivity index (χ3v) is 2.72. The summed E-state index contributed by atoms with van der Waals surface area (Å²) in [4.78, 5) is 18.9. The van der Waals surface area contributed by atoms with Crippen molar-refractivity contribution in [3.05, 3.63) is 53.4 Å². The summed E-state index contributed by atoms with van der Waals surface area (Å²) in [5.74, 6) is 4.71. The predicted molar refractivity (Wildman–Crippen MR) is 75.0 cm³/mol. The fraction of sp³-hybridized carbons (Fsp3) is 0.200. The van der Waals surface area contributed by atoms with Crippen LogP contribution in [-0.2, 0) is 6.42 Å². The van der Waals surface area contributed by atoms with E-state index in [1.807, 2.05) is 0 Å². The van der Waals surface area contributed by atoms with Gasteiger partial charge in [-0.15, -0.1) is 0 Å². The summed E-state index contributed by atoms with van der Waals surface area (Å²) in [6.07, 6.45) is 3.85. The number of hydrogen-bond acceptors (Lipinski definition) is 3. The van der Waals surface area contributed by atoms with E-state index >= 15 is 0 Å². The van der Waals surface area contributed by atoms with E-state index in [-0.39, 0.29) is 12.2 Å². The number of nitrogens with zero attached hydrogens (tertiary/aromatic N) is 1. The Labute approximate surface area is 121 Å². The Balaban J connectivity index is 2.00. The van der Waals surface area contributed by atoms with E-state index < -0.39 is 11.7 Å². The molecule has 0 unspecified atom stereocenters. The van der Waals surface area contributed by atoms with Gasteiger partial charge in [0.2, 0.25) is 0 Å². The summed E-state index contributed by atoms with van der Waals surface area (Å²) in [6, 6.07) is 4.00. The lowest BCUT2D eigenvalue weighted by atomic mass is 10.1. The van der Waals surface area contributed by atoms with Gasteiger partial charge in [-0.2, -0.15) is 0 Å². The monoisotopic (exact) mass is 287 g/mol. The molecule has 6 heteroatoms. The summed E-state index contributed by atoms with van der Waals surface area (Å²) >= 11 is 0. The smallest absolute Gasteiger partial charge is 0.254 e. The summed E-state index contributed by atoms with van der Waals surface area (Å²) < 4.78 is 13.7. The van der Waals surface area contributed by atoms with Gasteiger partial charge in [0.05, 0.1) is 5.56 Å². The molecule has 0 atom stereocenters. The third kappa shape index (κ3) is 4.16. The van der Waals surface area contributed by atoms with Crippen LogP contribution in [0.5, 0.6) is 0 Å². The summed E-state index contributed by atoms with van der Waals surface area (Å²) in [6.45, 7) is 0.0559. The van der Waals surface area contributed by atoms with Crippen LogP contribution in [0.1, 0.15) is 21.7 Å². The first kappa shape index (κ1) is 14.8. The quantitative estimate of drug-likeness (QED) is 0.730. The van der Waals surface area contributed by atoms with E-state index in [2.05, 4.69) is 27.1 Å². The first-order valence-electron chi connectivity index (χ1n) is 6.36. The van der Waals surface area contributed by atoms with Crippen molar-refractivity contribution in [1.29, 1.82) is 0 Å². The van der Waals surface area contributed by atoms with Crippen molar-refractivity contribution in [2.24, 2.45) is 0 Å². The fourth-order valence-corrected chi connectivity index (χ4v) is 1.74. The van der Waals surface area contributed by atoms with Crippen molar-refractivity contribution in [1.82, 2.24) is 15.3 Å². The number of halogens is 1. The second-order valence-electron chi connectivity index (χ2n) is 4.20. The molecule has 1 aromatic carbocycles. The zero-order chi connectivity index (χ0) is 15.1. The van der Waals surface area contributed by atoms with Crippen molar-refractivity contribution < 1.29 is 14.3 Å². The fourth-order valence-electron chi connectivity index (χ4n) is 1.74. The van der Waals surface area contributed by atoms with Crippen molar-refractivity contribution in [3.8, 4) is 11.8 Å². The number of aliphatic hydroxyl groups is 1. The van der Waals surface area contributed by atoms with Gasteiger partial charge in [-0.05, 0) is 18.2 Å². The molecule has 0 aliphatic heterocycles. The first-order chi connectivity index (χ1) is 10.2. The van der Waals surface area contributed by atoms with Gasteiger partial charge in [-0.3, -0.25) is 4.79 Å². The molecule has 0 saturated carbocycles. The zero-order valence-electron chi connectivity index (χ0n) is 11.2. The summed E-state index contributed by atoms with van der Waals surface area (Å²) in [7, 11) is 0. The number of carbonyl (C=O) groups excluding carboxylic acids is 1.